The number of cyclic esters (lactones) is 1. The van der Waals surface area contributed by atoms with Gasteiger partial charge in [0.15, 0.2) is 0 Å². The number of carbonyl (C=O) groups is 1. The Hall–Kier alpha value is -2.72. The van der Waals surface area contributed by atoms with Gasteiger partial charge in [0.2, 0.25) is 0 Å². The molecule has 4 rings (SSSR count). The highest BCUT2D eigenvalue weighted by Gasteiger charge is 2.43. The van der Waals surface area contributed by atoms with Gasteiger partial charge in [-0.25, -0.2) is 4.79 Å². The second-order valence-corrected chi connectivity index (χ2v) is 11.0. The summed E-state index contributed by atoms with van der Waals surface area (Å²) in [7, 11) is 0. The molecule has 1 fully saturated rings. The number of hydrogen-bond donors (Lipinski definition) is 0. The van der Waals surface area contributed by atoms with Crippen molar-refractivity contribution in [1.29, 1.82) is 0 Å². The molecular weight excluding hydrogens is 612 g/mol. The molecule has 11 heteroatoms. The van der Waals surface area contributed by atoms with E-state index in [1.54, 1.807) is 12.1 Å². The number of carbonyl (C=O) groups excluding carboxylic acids is 1. The average molecular weight is 635 g/mol. The highest BCUT2D eigenvalue weighted by atomic mass is 79.9. The van der Waals surface area contributed by atoms with Crippen molar-refractivity contribution >= 4 is 33.6 Å². The predicted octanol–water partition coefficient (Wildman–Crippen LogP) is 10.0. The van der Waals surface area contributed by atoms with Crippen molar-refractivity contribution in [1.82, 2.24) is 4.90 Å². The summed E-state index contributed by atoms with van der Waals surface area (Å²) >= 11 is 9.95. The van der Waals surface area contributed by atoms with Gasteiger partial charge in [-0.2, -0.15) is 26.3 Å². The van der Waals surface area contributed by atoms with Gasteiger partial charge in [0.1, 0.15) is 6.10 Å². The molecule has 0 aliphatic carbocycles. The quantitative estimate of drug-likeness (QED) is 0.262. The zero-order valence-electron chi connectivity index (χ0n) is 20.9. The van der Waals surface area contributed by atoms with Crippen LogP contribution in [-0.4, -0.2) is 17.0 Å². The summed E-state index contributed by atoms with van der Waals surface area (Å²) in [4.78, 5) is 14.2. The van der Waals surface area contributed by atoms with Crippen LogP contribution in [0.5, 0.6) is 0 Å². The summed E-state index contributed by atoms with van der Waals surface area (Å²) in [6, 6.07) is 11.4. The fourth-order valence-corrected chi connectivity index (χ4v) is 5.18. The van der Waals surface area contributed by atoms with Crippen molar-refractivity contribution in [3.8, 4) is 11.1 Å². The molecular formula is C28H23BrClF6NO2. The van der Waals surface area contributed by atoms with Crippen molar-refractivity contribution < 1.29 is 35.9 Å². The molecule has 1 aliphatic heterocycles. The maximum Gasteiger partial charge on any atom is 0.416 e. The van der Waals surface area contributed by atoms with Gasteiger partial charge >= 0.3 is 18.4 Å². The molecule has 1 amide bonds. The Morgan fingerprint density at radius 2 is 1.54 bits per heavy atom. The van der Waals surface area contributed by atoms with E-state index >= 15 is 0 Å². The van der Waals surface area contributed by atoms with E-state index in [2.05, 4.69) is 15.9 Å². The van der Waals surface area contributed by atoms with Crippen LogP contribution in [0.25, 0.3) is 11.1 Å². The van der Waals surface area contributed by atoms with Crippen LogP contribution in [0.3, 0.4) is 0 Å². The Morgan fingerprint density at radius 3 is 2.10 bits per heavy atom. The Bertz CT molecular complexity index is 1370. The molecule has 0 spiro atoms. The van der Waals surface area contributed by atoms with Crippen molar-refractivity contribution in [2.75, 3.05) is 0 Å². The van der Waals surface area contributed by atoms with E-state index in [9.17, 15) is 31.1 Å². The first-order chi connectivity index (χ1) is 18.1. The van der Waals surface area contributed by atoms with Crippen LogP contribution in [-0.2, 0) is 23.6 Å². The molecule has 3 nitrogen and oxygen atoms in total. The molecule has 2 atom stereocenters. The van der Waals surface area contributed by atoms with Crippen LogP contribution in [0, 0.1) is 0 Å². The van der Waals surface area contributed by atoms with Crippen LogP contribution < -0.4 is 0 Å². The van der Waals surface area contributed by atoms with Crippen molar-refractivity contribution in [2.45, 2.75) is 57.7 Å². The van der Waals surface area contributed by atoms with Gasteiger partial charge in [-0.3, -0.25) is 4.90 Å². The number of alkyl halides is 6. The lowest BCUT2D eigenvalue weighted by Gasteiger charge is -2.24. The van der Waals surface area contributed by atoms with Gasteiger partial charge < -0.3 is 4.74 Å². The third-order valence-corrected chi connectivity index (χ3v) is 7.51. The van der Waals surface area contributed by atoms with Gasteiger partial charge in [0.25, 0.3) is 0 Å². The minimum atomic E-state index is -5.02. The molecule has 1 heterocycles. The molecule has 1 aliphatic rings. The van der Waals surface area contributed by atoms with Gasteiger partial charge in [0, 0.05) is 15.1 Å². The third-order valence-electron chi connectivity index (χ3n) is 6.69. The van der Waals surface area contributed by atoms with Gasteiger partial charge in [-0.1, -0.05) is 53.5 Å². The SMILES string of the molecule is CC(C)c1ccc(Cl)c(-c2ccc(Br)cc2CN2C(=O)O[C@H](c3cc(C(F)(F)F)cc(C(F)(F)F)c3)C2C)c1. The first-order valence-corrected chi connectivity index (χ1v) is 13.1. The molecule has 39 heavy (non-hydrogen) atoms. The van der Waals surface area contributed by atoms with Crippen LogP contribution in [0.4, 0.5) is 31.1 Å². The molecule has 0 saturated carbocycles. The molecule has 0 aromatic heterocycles. The van der Waals surface area contributed by atoms with Crippen molar-refractivity contribution in [2.24, 2.45) is 0 Å². The van der Waals surface area contributed by atoms with E-state index in [-0.39, 0.29) is 24.1 Å². The minimum Gasteiger partial charge on any atom is -0.439 e. The molecule has 1 unspecified atom stereocenters. The summed E-state index contributed by atoms with van der Waals surface area (Å²) in [5, 5.41) is 0.488. The first kappa shape index (κ1) is 29.3. The summed E-state index contributed by atoms with van der Waals surface area (Å²) in [6.07, 6.45) is -12.2. The molecule has 208 valence electrons. The standard InChI is InChI=1S/C28H23BrClF6NO2/c1-14(2)16-4-7-24(30)23(11-16)22-6-5-21(29)10-18(22)13-37-15(3)25(39-26(37)38)17-8-19(27(31,32)33)12-20(9-17)28(34,35)36/h4-12,14-15,25H,13H2,1-3H3/t15?,25-/m0/s1. The lowest BCUT2D eigenvalue weighted by Crippen LogP contribution is -2.31. The summed E-state index contributed by atoms with van der Waals surface area (Å²) in [6.45, 7) is 5.58. The fraction of sp³-hybridized carbons (Fsp3) is 0.321. The number of nitrogens with zero attached hydrogens (tertiary/aromatic N) is 1. The van der Waals surface area contributed by atoms with Crippen LogP contribution in [0.1, 0.15) is 60.6 Å². The number of hydrogen-bond acceptors (Lipinski definition) is 2. The third kappa shape index (κ3) is 6.22. The largest absolute Gasteiger partial charge is 0.439 e. The lowest BCUT2D eigenvalue weighted by atomic mass is 9.94. The van der Waals surface area contributed by atoms with Crippen LogP contribution in [0.2, 0.25) is 5.02 Å². The average Bonchev–Trinajstić information content (AvgIpc) is 3.11. The molecule has 0 N–H and O–H groups in total. The molecule has 1 saturated heterocycles. The van der Waals surface area contributed by atoms with Crippen LogP contribution >= 0.6 is 27.5 Å². The van der Waals surface area contributed by atoms with Gasteiger partial charge in [-0.05, 0) is 77.6 Å². The Labute approximate surface area is 234 Å². The normalized spacial score (nSPS) is 18.2. The zero-order valence-corrected chi connectivity index (χ0v) is 23.3. The highest BCUT2D eigenvalue weighted by molar-refractivity contribution is 9.10. The van der Waals surface area contributed by atoms with E-state index in [0.29, 0.717) is 27.2 Å². The summed E-state index contributed by atoms with van der Waals surface area (Å²) < 4.78 is 86.5. The fourth-order valence-electron chi connectivity index (χ4n) is 4.55. The monoisotopic (exact) mass is 633 g/mol. The van der Waals surface area contributed by atoms with E-state index in [1.165, 1.54) is 11.8 Å². The van der Waals surface area contributed by atoms with E-state index in [0.717, 1.165) is 16.7 Å². The lowest BCUT2D eigenvalue weighted by molar-refractivity contribution is -0.143. The Balaban J connectivity index is 1.72. The smallest absolute Gasteiger partial charge is 0.416 e. The Kier molecular flexibility index (Phi) is 8.02. The molecule has 3 aromatic rings. The van der Waals surface area contributed by atoms with E-state index < -0.39 is 41.7 Å². The van der Waals surface area contributed by atoms with Gasteiger partial charge in [0.05, 0.1) is 23.7 Å². The number of halogens is 8. The number of amides is 1. The van der Waals surface area contributed by atoms with Gasteiger partial charge in [-0.15, -0.1) is 0 Å². The number of benzene rings is 3. The topological polar surface area (TPSA) is 29.5 Å². The number of rotatable bonds is 5. The van der Waals surface area contributed by atoms with Crippen LogP contribution in [0.15, 0.2) is 59.1 Å². The second-order valence-electron chi connectivity index (χ2n) is 9.71. The summed E-state index contributed by atoms with van der Waals surface area (Å²) in [5.74, 6) is 0.225. The molecule has 3 aromatic carbocycles. The van der Waals surface area contributed by atoms with Crippen molar-refractivity contribution in [3.63, 3.8) is 0 Å². The zero-order chi connectivity index (χ0) is 28.9. The highest BCUT2D eigenvalue weighted by Crippen LogP contribution is 2.42. The minimum absolute atomic E-state index is 0.0153. The second kappa shape index (κ2) is 10.7. The predicted molar refractivity (Wildman–Crippen MR) is 139 cm³/mol. The van der Waals surface area contributed by atoms with Crippen molar-refractivity contribution in [3.05, 3.63) is 91.9 Å². The molecule has 0 radical (unpaired) electrons. The summed E-state index contributed by atoms with van der Waals surface area (Å²) in [5.41, 5.74) is -0.157. The molecule has 0 bridgehead atoms. The van der Waals surface area contributed by atoms with E-state index in [1.807, 2.05) is 38.1 Å². The maximum absolute atomic E-state index is 13.4. The Morgan fingerprint density at radius 1 is 0.923 bits per heavy atom. The maximum atomic E-state index is 13.4. The van der Waals surface area contributed by atoms with E-state index in [4.69, 9.17) is 16.3 Å². The first-order valence-electron chi connectivity index (χ1n) is 11.9. The number of ether oxygens (including phenoxy) is 1.